The number of likely N-dealkylation sites (tertiary alicyclic amines) is 1. The van der Waals surface area contributed by atoms with Crippen LogP contribution in [0.1, 0.15) is 29.0 Å². The molecule has 1 amide bonds. The summed E-state index contributed by atoms with van der Waals surface area (Å²) in [5.74, 6) is 1.99. The molecule has 2 atom stereocenters. The fourth-order valence-electron chi connectivity index (χ4n) is 3.96. The van der Waals surface area contributed by atoms with E-state index >= 15 is 0 Å². The first-order valence-electron chi connectivity index (χ1n) is 8.32. The minimum Gasteiger partial charge on any atom is -0.451 e. The molecule has 0 radical (unpaired) electrons. The van der Waals surface area contributed by atoms with Gasteiger partial charge in [-0.3, -0.25) is 4.79 Å². The Morgan fingerprint density at radius 3 is 2.58 bits per heavy atom. The van der Waals surface area contributed by atoms with Crippen LogP contribution in [0.3, 0.4) is 0 Å². The molecular formula is C18H22BrClN2O2. The molecule has 2 aliphatic heterocycles. The van der Waals surface area contributed by atoms with E-state index in [1.54, 1.807) is 0 Å². The van der Waals surface area contributed by atoms with Gasteiger partial charge in [0.25, 0.3) is 5.91 Å². The second-order valence-corrected chi connectivity index (χ2v) is 7.66. The Bertz CT molecular complexity index is 747. The van der Waals surface area contributed by atoms with Gasteiger partial charge in [-0.25, -0.2) is 0 Å². The van der Waals surface area contributed by atoms with E-state index in [1.807, 2.05) is 30.0 Å². The van der Waals surface area contributed by atoms with Crippen LogP contribution in [0, 0.1) is 18.8 Å². The smallest absolute Gasteiger partial charge is 0.289 e. The number of rotatable bonds is 1. The monoisotopic (exact) mass is 412 g/mol. The van der Waals surface area contributed by atoms with E-state index < -0.39 is 0 Å². The van der Waals surface area contributed by atoms with Crippen molar-refractivity contribution in [2.45, 2.75) is 19.8 Å². The number of hydrogen-bond acceptors (Lipinski definition) is 3. The number of halogens is 2. The summed E-state index contributed by atoms with van der Waals surface area (Å²) in [6, 6.07) is 5.88. The van der Waals surface area contributed by atoms with Crippen molar-refractivity contribution >= 4 is 45.2 Å². The Labute approximate surface area is 156 Å². The van der Waals surface area contributed by atoms with Gasteiger partial charge in [0, 0.05) is 28.5 Å². The minimum absolute atomic E-state index is 0. The zero-order valence-corrected chi connectivity index (χ0v) is 16.1. The molecule has 1 aromatic carbocycles. The first-order chi connectivity index (χ1) is 11.1. The normalized spacial score (nSPS) is 23.7. The van der Waals surface area contributed by atoms with Crippen molar-refractivity contribution in [1.82, 2.24) is 10.2 Å². The second-order valence-electron chi connectivity index (χ2n) is 6.74. The third-order valence-corrected chi connectivity index (χ3v) is 5.89. The van der Waals surface area contributed by atoms with E-state index in [4.69, 9.17) is 4.42 Å². The Kier molecular flexibility index (Phi) is 5.23. The fourth-order valence-corrected chi connectivity index (χ4v) is 4.32. The third kappa shape index (κ3) is 3.09. The number of fused-ring (bicyclic) bond motifs is 2. The lowest BCUT2D eigenvalue weighted by atomic mass is 9.92. The molecule has 2 saturated heterocycles. The highest BCUT2D eigenvalue weighted by atomic mass is 79.9. The minimum atomic E-state index is 0. The number of furan rings is 1. The average molecular weight is 414 g/mol. The van der Waals surface area contributed by atoms with Crippen LogP contribution >= 0.6 is 28.3 Å². The maximum Gasteiger partial charge on any atom is 0.289 e. The van der Waals surface area contributed by atoms with Gasteiger partial charge >= 0.3 is 0 Å². The second kappa shape index (κ2) is 7.06. The maximum absolute atomic E-state index is 13.0. The molecule has 2 aliphatic rings. The molecule has 0 spiro atoms. The van der Waals surface area contributed by atoms with Crippen LogP contribution < -0.4 is 5.32 Å². The van der Waals surface area contributed by atoms with Gasteiger partial charge in [0.2, 0.25) is 0 Å². The Morgan fingerprint density at radius 2 is 1.92 bits per heavy atom. The van der Waals surface area contributed by atoms with Crippen LogP contribution in [0.4, 0.5) is 0 Å². The van der Waals surface area contributed by atoms with Gasteiger partial charge in [-0.1, -0.05) is 15.9 Å². The zero-order valence-electron chi connectivity index (χ0n) is 13.7. The molecule has 0 aliphatic carbocycles. The number of aryl methyl sites for hydroxylation is 1. The van der Waals surface area contributed by atoms with E-state index in [1.165, 1.54) is 0 Å². The van der Waals surface area contributed by atoms with Crippen molar-refractivity contribution in [2.75, 3.05) is 26.2 Å². The van der Waals surface area contributed by atoms with Gasteiger partial charge in [-0.15, -0.1) is 12.4 Å². The average Bonchev–Trinajstić information content (AvgIpc) is 3.06. The predicted octanol–water partition coefficient (Wildman–Crippen LogP) is 4.00. The Hall–Kier alpha value is -1.04. The van der Waals surface area contributed by atoms with Gasteiger partial charge in [-0.2, -0.15) is 0 Å². The number of nitrogens with zero attached hydrogens (tertiary/aromatic N) is 1. The number of amides is 1. The molecule has 0 saturated carbocycles. The summed E-state index contributed by atoms with van der Waals surface area (Å²) in [7, 11) is 0. The largest absolute Gasteiger partial charge is 0.451 e. The van der Waals surface area contributed by atoms with Crippen molar-refractivity contribution in [3.63, 3.8) is 0 Å². The van der Waals surface area contributed by atoms with Gasteiger partial charge in [-0.05, 0) is 62.9 Å². The summed E-state index contributed by atoms with van der Waals surface area (Å²) >= 11 is 3.48. The van der Waals surface area contributed by atoms with E-state index in [9.17, 15) is 4.79 Å². The molecule has 4 rings (SSSR count). The molecular weight excluding hydrogens is 392 g/mol. The Morgan fingerprint density at radius 1 is 1.25 bits per heavy atom. The molecule has 4 nitrogen and oxygen atoms in total. The lowest BCUT2D eigenvalue weighted by molar-refractivity contribution is 0.0728. The summed E-state index contributed by atoms with van der Waals surface area (Å²) in [6.07, 6.45) is 2.18. The quantitative estimate of drug-likeness (QED) is 0.768. The summed E-state index contributed by atoms with van der Waals surface area (Å²) in [5, 5.41) is 4.49. The summed E-state index contributed by atoms with van der Waals surface area (Å²) < 4.78 is 6.88. The molecule has 0 bridgehead atoms. The summed E-state index contributed by atoms with van der Waals surface area (Å²) in [6.45, 7) is 5.85. The van der Waals surface area contributed by atoms with E-state index in [-0.39, 0.29) is 18.3 Å². The van der Waals surface area contributed by atoms with Crippen molar-refractivity contribution in [2.24, 2.45) is 11.8 Å². The number of hydrogen-bond donors (Lipinski definition) is 1. The van der Waals surface area contributed by atoms with Gasteiger partial charge in [0.05, 0.1) is 0 Å². The van der Waals surface area contributed by atoms with Crippen LogP contribution in [0.5, 0.6) is 0 Å². The molecule has 2 aromatic rings. The van der Waals surface area contributed by atoms with E-state index in [0.717, 1.165) is 71.9 Å². The summed E-state index contributed by atoms with van der Waals surface area (Å²) in [5.41, 5.74) is 1.72. The highest BCUT2D eigenvalue weighted by Gasteiger charge is 2.33. The van der Waals surface area contributed by atoms with Crippen molar-refractivity contribution < 1.29 is 9.21 Å². The maximum atomic E-state index is 13.0. The fraction of sp³-hybridized carbons (Fsp3) is 0.500. The highest BCUT2D eigenvalue weighted by molar-refractivity contribution is 9.10. The number of carbonyl (C=O) groups is 1. The van der Waals surface area contributed by atoms with Crippen LogP contribution in [0.2, 0.25) is 0 Å². The van der Waals surface area contributed by atoms with Crippen LogP contribution in [-0.4, -0.2) is 37.0 Å². The molecule has 0 unspecified atom stereocenters. The first-order valence-corrected chi connectivity index (χ1v) is 9.11. The van der Waals surface area contributed by atoms with E-state index in [2.05, 4.69) is 21.2 Å². The van der Waals surface area contributed by atoms with E-state index in [0.29, 0.717) is 5.76 Å². The lowest BCUT2D eigenvalue weighted by Gasteiger charge is -2.20. The predicted molar refractivity (Wildman–Crippen MR) is 101 cm³/mol. The molecule has 1 N–H and O–H groups in total. The van der Waals surface area contributed by atoms with Crippen molar-refractivity contribution in [3.05, 3.63) is 34.0 Å². The SMILES string of the molecule is Cc1c(C(=O)N2CC[C@@H]3CNC[C@@H]3CC2)oc2ccc(Br)cc12.Cl. The van der Waals surface area contributed by atoms with Crippen LogP contribution in [-0.2, 0) is 0 Å². The Balaban J connectivity index is 0.00000169. The number of carbonyl (C=O) groups excluding carboxylic acids is 1. The van der Waals surface area contributed by atoms with Gasteiger partial charge < -0.3 is 14.6 Å². The summed E-state index contributed by atoms with van der Waals surface area (Å²) in [4.78, 5) is 14.9. The highest BCUT2D eigenvalue weighted by Crippen LogP contribution is 2.31. The zero-order chi connectivity index (χ0) is 16.0. The molecule has 1 aromatic heterocycles. The molecule has 130 valence electrons. The van der Waals surface area contributed by atoms with Crippen molar-refractivity contribution in [1.29, 1.82) is 0 Å². The third-order valence-electron chi connectivity index (χ3n) is 5.40. The van der Waals surface area contributed by atoms with Crippen LogP contribution in [0.25, 0.3) is 11.0 Å². The lowest BCUT2D eigenvalue weighted by Crippen LogP contribution is -2.32. The standard InChI is InChI=1S/C18H21BrN2O2.ClH/c1-11-15-8-14(19)2-3-16(15)23-17(11)18(22)21-6-4-12-9-20-10-13(12)5-7-21;/h2-3,8,12-13,20H,4-7,9-10H2,1H3;1H/t12-,13+;. The van der Waals surface area contributed by atoms with Gasteiger partial charge in [0.1, 0.15) is 5.58 Å². The molecule has 3 heterocycles. The molecule has 2 fully saturated rings. The topological polar surface area (TPSA) is 45.5 Å². The van der Waals surface area contributed by atoms with Gasteiger partial charge in [0.15, 0.2) is 5.76 Å². The number of nitrogens with one attached hydrogen (secondary N) is 1. The molecule has 24 heavy (non-hydrogen) atoms. The number of benzene rings is 1. The molecule has 6 heteroatoms. The van der Waals surface area contributed by atoms with Crippen molar-refractivity contribution in [3.8, 4) is 0 Å². The first kappa shape index (κ1) is 17.8. The van der Waals surface area contributed by atoms with Crippen LogP contribution in [0.15, 0.2) is 27.1 Å².